The lowest BCUT2D eigenvalue weighted by Crippen LogP contribution is -2.08. The number of hydrogen-bond acceptors (Lipinski definition) is 1. The van der Waals surface area contributed by atoms with Crippen molar-refractivity contribution in [2.45, 2.75) is 72.4 Å². The molecule has 1 atom stereocenters. The largest absolute Gasteiger partial charge is 0.323 e. The van der Waals surface area contributed by atoms with Crippen molar-refractivity contribution < 1.29 is 4.57 Å². The maximum Gasteiger partial charge on any atom is 0.0901 e. The minimum Gasteiger partial charge on any atom is -0.323 e. The predicted octanol–water partition coefficient (Wildman–Crippen LogP) is 5.38. The molecule has 0 aromatic rings. The molecule has 0 heterocycles. The van der Waals surface area contributed by atoms with Crippen LogP contribution in [-0.4, -0.2) is 18.0 Å². The van der Waals surface area contributed by atoms with E-state index in [1.54, 1.807) is 0 Å². The smallest absolute Gasteiger partial charge is 0.0901 e. The fraction of sp³-hybridized carbons (Fsp3) is 1.00. The van der Waals surface area contributed by atoms with Crippen molar-refractivity contribution in [3.8, 4) is 0 Å². The van der Waals surface area contributed by atoms with Crippen LogP contribution in [0.4, 0.5) is 0 Å². The zero-order valence-corrected chi connectivity index (χ0v) is 12.9. The number of unbranched alkanes of at least 4 members (excludes halogenated alkanes) is 3. The maximum absolute atomic E-state index is 12.8. The molecule has 0 aromatic carbocycles. The second-order valence-electron chi connectivity index (χ2n) is 5.74. The highest BCUT2D eigenvalue weighted by Crippen LogP contribution is 2.52. The summed E-state index contributed by atoms with van der Waals surface area (Å²) in [4.78, 5) is 0. The first kappa shape index (κ1) is 16.2. The van der Waals surface area contributed by atoms with Gasteiger partial charge in [-0.25, -0.2) is 0 Å². The van der Waals surface area contributed by atoms with Gasteiger partial charge in [0.05, 0.1) is 7.14 Å². The minimum atomic E-state index is -1.89. The molecule has 0 saturated heterocycles. The minimum absolute atomic E-state index is 0.382. The summed E-state index contributed by atoms with van der Waals surface area (Å²) >= 11 is 0. The second-order valence-corrected chi connectivity index (χ2v) is 9.57. The highest BCUT2D eigenvalue weighted by Gasteiger charge is 2.25. The van der Waals surface area contributed by atoms with E-state index in [0.29, 0.717) is 11.6 Å². The molecule has 0 fully saturated rings. The molecule has 98 valence electrons. The Morgan fingerprint density at radius 2 is 1.56 bits per heavy atom. The van der Waals surface area contributed by atoms with Gasteiger partial charge in [0.1, 0.15) is 0 Å². The van der Waals surface area contributed by atoms with Gasteiger partial charge in [0.2, 0.25) is 0 Å². The van der Waals surface area contributed by atoms with E-state index in [1.807, 2.05) is 0 Å². The summed E-state index contributed by atoms with van der Waals surface area (Å²) in [5, 5.41) is 0. The molecule has 0 saturated carbocycles. The van der Waals surface area contributed by atoms with Crippen molar-refractivity contribution in [3.63, 3.8) is 0 Å². The molecule has 0 aliphatic heterocycles. The Labute approximate surface area is 103 Å². The third-order valence-corrected chi connectivity index (χ3v) is 7.39. The Morgan fingerprint density at radius 3 is 2.00 bits per heavy atom. The Hall–Kier alpha value is 0.230. The normalized spacial score (nSPS) is 15.7. The highest BCUT2D eigenvalue weighted by atomic mass is 31.2. The van der Waals surface area contributed by atoms with Gasteiger partial charge in [-0.2, -0.15) is 0 Å². The van der Waals surface area contributed by atoms with Crippen LogP contribution in [0.15, 0.2) is 0 Å². The van der Waals surface area contributed by atoms with Crippen molar-refractivity contribution in [1.82, 2.24) is 0 Å². The lowest BCUT2D eigenvalue weighted by atomic mass is 10.2. The first-order valence-corrected chi connectivity index (χ1v) is 9.14. The van der Waals surface area contributed by atoms with E-state index in [9.17, 15) is 4.57 Å². The lowest BCUT2D eigenvalue weighted by Gasteiger charge is -2.23. The van der Waals surface area contributed by atoms with Crippen LogP contribution in [0.2, 0.25) is 0 Å². The molecule has 0 aromatic heterocycles. The molecule has 0 spiro atoms. The van der Waals surface area contributed by atoms with E-state index in [-0.39, 0.29) is 0 Å². The summed E-state index contributed by atoms with van der Waals surface area (Å²) in [6.45, 7) is 11.0. The molecule has 2 heteroatoms. The topological polar surface area (TPSA) is 17.1 Å². The number of rotatable bonds is 9. The molecule has 0 bridgehead atoms. The van der Waals surface area contributed by atoms with Gasteiger partial charge >= 0.3 is 0 Å². The quantitative estimate of drug-likeness (QED) is 0.394. The van der Waals surface area contributed by atoms with Gasteiger partial charge in [-0.3, -0.25) is 0 Å². The van der Waals surface area contributed by atoms with E-state index in [4.69, 9.17) is 0 Å². The fourth-order valence-electron chi connectivity index (χ4n) is 1.91. The highest BCUT2D eigenvalue weighted by molar-refractivity contribution is 7.64. The van der Waals surface area contributed by atoms with Crippen LogP contribution in [0.1, 0.15) is 66.7 Å². The summed E-state index contributed by atoms with van der Waals surface area (Å²) in [5.41, 5.74) is 0.382. The third kappa shape index (κ3) is 6.74. The first-order chi connectivity index (χ1) is 7.42. The monoisotopic (exact) mass is 246 g/mol. The zero-order chi connectivity index (χ0) is 12.6. The van der Waals surface area contributed by atoms with Crippen LogP contribution in [0.25, 0.3) is 0 Å². The van der Waals surface area contributed by atoms with Crippen LogP contribution in [-0.2, 0) is 4.57 Å². The SMILES string of the molecule is CCCCCCP(=O)(CCC(C)C)C(C)C. The van der Waals surface area contributed by atoms with Crippen LogP contribution < -0.4 is 0 Å². The summed E-state index contributed by atoms with van der Waals surface area (Å²) in [6.07, 6.45) is 8.06. The molecule has 0 amide bonds. The number of hydrogen-bond donors (Lipinski definition) is 0. The van der Waals surface area contributed by atoms with Gasteiger partial charge in [0.25, 0.3) is 0 Å². The maximum atomic E-state index is 12.8. The fourth-order valence-corrected chi connectivity index (χ4v) is 4.88. The Kier molecular flexibility index (Phi) is 8.46. The summed E-state index contributed by atoms with van der Waals surface area (Å²) in [6, 6.07) is 0. The van der Waals surface area contributed by atoms with Gasteiger partial charge in [-0.15, -0.1) is 0 Å². The van der Waals surface area contributed by atoms with Gasteiger partial charge in [-0.1, -0.05) is 53.9 Å². The van der Waals surface area contributed by atoms with Crippen LogP contribution in [0.3, 0.4) is 0 Å². The summed E-state index contributed by atoms with van der Waals surface area (Å²) in [7, 11) is -1.89. The molecule has 16 heavy (non-hydrogen) atoms. The van der Waals surface area contributed by atoms with Gasteiger partial charge in [-0.05, 0) is 18.8 Å². The predicted molar refractivity (Wildman–Crippen MR) is 76.1 cm³/mol. The Balaban J connectivity index is 4.07. The standard InChI is InChI=1S/C14H31OP/c1-6-7-8-9-11-16(15,14(4)5)12-10-13(2)3/h13-14H,6-12H2,1-5H3. The molecule has 0 aliphatic rings. The van der Waals surface area contributed by atoms with E-state index >= 15 is 0 Å². The first-order valence-electron chi connectivity index (χ1n) is 7.00. The van der Waals surface area contributed by atoms with Crippen LogP contribution in [0.5, 0.6) is 0 Å². The summed E-state index contributed by atoms with van der Waals surface area (Å²) < 4.78 is 12.8. The van der Waals surface area contributed by atoms with Crippen LogP contribution >= 0.6 is 7.14 Å². The van der Waals surface area contributed by atoms with Gasteiger partial charge < -0.3 is 4.57 Å². The Bertz CT molecular complexity index is 209. The zero-order valence-electron chi connectivity index (χ0n) is 12.0. The molecular formula is C14H31OP. The molecule has 0 aliphatic carbocycles. The van der Waals surface area contributed by atoms with Crippen molar-refractivity contribution in [3.05, 3.63) is 0 Å². The van der Waals surface area contributed by atoms with E-state index in [0.717, 1.165) is 18.7 Å². The van der Waals surface area contributed by atoms with Gasteiger partial charge in [0, 0.05) is 18.0 Å². The lowest BCUT2D eigenvalue weighted by molar-refractivity contribution is 0.550. The van der Waals surface area contributed by atoms with Gasteiger partial charge in [0.15, 0.2) is 0 Å². The van der Waals surface area contributed by atoms with Crippen molar-refractivity contribution in [2.24, 2.45) is 5.92 Å². The van der Waals surface area contributed by atoms with E-state index < -0.39 is 7.14 Å². The van der Waals surface area contributed by atoms with Crippen molar-refractivity contribution >= 4 is 7.14 Å². The Morgan fingerprint density at radius 1 is 0.938 bits per heavy atom. The van der Waals surface area contributed by atoms with Crippen LogP contribution in [0, 0.1) is 5.92 Å². The molecule has 0 radical (unpaired) electrons. The third-order valence-electron chi connectivity index (χ3n) is 3.42. The molecule has 1 nitrogen and oxygen atoms in total. The molecule has 1 unspecified atom stereocenters. The van der Waals surface area contributed by atoms with E-state index in [1.165, 1.54) is 25.7 Å². The molecule has 0 N–H and O–H groups in total. The summed E-state index contributed by atoms with van der Waals surface area (Å²) in [5.74, 6) is 0.683. The average molecular weight is 246 g/mol. The van der Waals surface area contributed by atoms with Crippen molar-refractivity contribution in [1.29, 1.82) is 0 Å². The average Bonchev–Trinajstić information content (AvgIpc) is 2.21. The molecule has 0 rings (SSSR count). The molecular weight excluding hydrogens is 215 g/mol. The van der Waals surface area contributed by atoms with E-state index in [2.05, 4.69) is 34.6 Å². The second kappa shape index (κ2) is 8.34. The van der Waals surface area contributed by atoms with Crippen molar-refractivity contribution in [2.75, 3.05) is 12.3 Å².